The molecule has 5 heteroatoms. The molecular formula is C13H8Cl3FO. The molecule has 0 saturated heterocycles. The van der Waals surface area contributed by atoms with Crippen LogP contribution < -0.4 is 4.74 Å². The Hall–Kier alpha value is -0.960. The molecule has 0 aliphatic heterocycles. The SMILES string of the molecule is Fc1cc(CCl)cc(Oc2ccc(Cl)c(Cl)c2)c1. The van der Waals surface area contributed by atoms with Gasteiger partial charge in [-0.15, -0.1) is 11.6 Å². The van der Waals surface area contributed by atoms with E-state index in [1.807, 2.05) is 0 Å². The molecule has 2 rings (SSSR count). The van der Waals surface area contributed by atoms with Crippen molar-refractivity contribution < 1.29 is 9.13 Å². The molecule has 18 heavy (non-hydrogen) atoms. The number of alkyl halides is 1. The van der Waals surface area contributed by atoms with Gasteiger partial charge in [-0.3, -0.25) is 0 Å². The maximum absolute atomic E-state index is 13.3. The standard InChI is InChI=1S/C13H8Cl3FO/c14-7-8-3-9(17)5-11(4-8)18-10-1-2-12(15)13(16)6-10/h1-6H,7H2. The van der Waals surface area contributed by atoms with Crippen LogP contribution in [0.1, 0.15) is 5.56 Å². The summed E-state index contributed by atoms with van der Waals surface area (Å²) < 4.78 is 18.8. The molecule has 0 spiro atoms. The second-order valence-electron chi connectivity index (χ2n) is 3.61. The van der Waals surface area contributed by atoms with Gasteiger partial charge in [-0.25, -0.2) is 4.39 Å². The zero-order valence-corrected chi connectivity index (χ0v) is 11.4. The van der Waals surface area contributed by atoms with Crippen molar-refractivity contribution in [3.05, 3.63) is 57.8 Å². The number of hydrogen-bond acceptors (Lipinski definition) is 1. The quantitative estimate of drug-likeness (QED) is 0.664. The van der Waals surface area contributed by atoms with Gasteiger partial charge in [0.1, 0.15) is 17.3 Å². The highest BCUT2D eigenvalue weighted by Crippen LogP contribution is 2.30. The van der Waals surface area contributed by atoms with Crippen LogP contribution in [0.2, 0.25) is 10.0 Å². The molecule has 2 aromatic carbocycles. The van der Waals surface area contributed by atoms with Crippen LogP contribution in [-0.4, -0.2) is 0 Å². The van der Waals surface area contributed by atoms with E-state index in [1.165, 1.54) is 12.1 Å². The van der Waals surface area contributed by atoms with Gasteiger partial charge in [-0.05, 0) is 29.8 Å². The Balaban J connectivity index is 2.27. The van der Waals surface area contributed by atoms with Gasteiger partial charge in [0.05, 0.1) is 10.0 Å². The van der Waals surface area contributed by atoms with E-state index in [9.17, 15) is 4.39 Å². The molecule has 0 amide bonds. The van der Waals surface area contributed by atoms with E-state index in [0.29, 0.717) is 27.1 Å². The van der Waals surface area contributed by atoms with Crippen molar-refractivity contribution in [2.75, 3.05) is 0 Å². The number of ether oxygens (including phenoxy) is 1. The first kappa shape index (κ1) is 13.5. The van der Waals surface area contributed by atoms with Gasteiger partial charge in [0.15, 0.2) is 0 Å². The van der Waals surface area contributed by atoms with Crippen molar-refractivity contribution in [3.63, 3.8) is 0 Å². The van der Waals surface area contributed by atoms with Crippen molar-refractivity contribution in [3.8, 4) is 11.5 Å². The molecule has 0 bridgehead atoms. The predicted molar refractivity (Wildman–Crippen MR) is 72.5 cm³/mol. The number of halogens is 4. The van der Waals surface area contributed by atoms with Crippen molar-refractivity contribution in [1.29, 1.82) is 0 Å². The van der Waals surface area contributed by atoms with Crippen LogP contribution in [0.4, 0.5) is 4.39 Å². The average molecular weight is 306 g/mol. The Morgan fingerprint density at radius 3 is 2.39 bits per heavy atom. The molecule has 0 fully saturated rings. The second-order valence-corrected chi connectivity index (χ2v) is 4.69. The summed E-state index contributed by atoms with van der Waals surface area (Å²) in [4.78, 5) is 0. The van der Waals surface area contributed by atoms with Gasteiger partial charge in [-0.1, -0.05) is 23.2 Å². The number of benzene rings is 2. The molecule has 94 valence electrons. The topological polar surface area (TPSA) is 9.23 Å². The van der Waals surface area contributed by atoms with Crippen LogP contribution >= 0.6 is 34.8 Å². The maximum atomic E-state index is 13.3. The molecule has 0 heterocycles. The third-order valence-corrected chi connectivity index (χ3v) is 3.26. The van der Waals surface area contributed by atoms with E-state index in [4.69, 9.17) is 39.5 Å². The minimum atomic E-state index is -0.400. The Bertz CT molecular complexity index is 572. The lowest BCUT2D eigenvalue weighted by Gasteiger charge is -2.08. The lowest BCUT2D eigenvalue weighted by molar-refractivity contribution is 0.476. The summed E-state index contributed by atoms with van der Waals surface area (Å²) in [5.74, 6) is 0.665. The second kappa shape index (κ2) is 5.79. The first-order valence-electron chi connectivity index (χ1n) is 5.07. The third-order valence-electron chi connectivity index (χ3n) is 2.21. The molecule has 0 saturated carbocycles. The third kappa shape index (κ3) is 3.29. The summed E-state index contributed by atoms with van der Waals surface area (Å²) in [6.45, 7) is 0. The van der Waals surface area contributed by atoms with E-state index in [0.717, 1.165) is 0 Å². The fourth-order valence-electron chi connectivity index (χ4n) is 1.43. The molecule has 2 aromatic rings. The van der Waals surface area contributed by atoms with E-state index < -0.39 is 5.82 Å². The summed E-state index contributed by atoms with van der Waals surface area (Å²) in [6.07, 6.45) is 0. The molecule has 0 unspecified atom stereocenters. The van der Waals surface area contributed by atoms with Gasteiger partial charge < -0.3 is 4.74 Å². The summed E-state index contributed by atoms with van der Waals surface area (Å²) in [5.41, 5.74) is 0.645. The minimum absolute atomic E-state index is 0.218. The van der Waals surface area contributed by atoms with E-state index >= 15 is 0 Å². The van der Waals surface area contributed by atoms with Gasteiger partial charge in [0, 0.05) is 18.0 Å². The first-order chi connectivity index (χ1) is 8.58. The van der Waals surface area contributed by atoms with Gasteiger partial charge >= 0.3 is 0 Å². The largest absolute Gasteiger partial charge is 0.457 e. The molecule has 0 aliphatic rings. The highest BCUT2D eigenvalue weighted by Gasteiger charge is 2.05. The van der Waals surface area contributed by atoms with Crippen LogP contribution in [0.15, 0.2) is 36.4 Å². The van der Waals surface area contributed by atoms with Gasteiger partial charge in [-0.2, -0.15) is 0 Å². The summed E-state index contributed by atoms with van der Waals surface area (Å²) in [5, 5.41) is 0.813. The fraction of sp³-hybridized carbons (Fsp3) is 0.0769. The predicted octanol–water partition coefficient (Wildman–Crippen LogP) is 5.66. The van der Waals surface area contributed by atoms with E-state index in [-0.39, 0.29) is 5.88 Å². The summed E-state index contributed by atoms with van der Waals surface area (Å²) in [6, 6.07) is 9.13. The Labute approximate surface area is 119 Å². The van der Waals surface area contributed by atoms with Gasteiger partial charge in [0.2, 0.25) is 0 Å². The smallest absolute Gasteiger partial charge is 0.130 e. The van der Waals surface area contributed by atoms with Crippen LogP contribution in [0.5, 0.6) is 11.5 Å². The van der Waals surface area contributed by atoms with Crippen LogP contribution in [0.25, 0.3) is 0 Å². The van der Waals surface area contributed by atoms with Crippen LogP contribution in [-0.2, 0) is 5.88 Å². The first-order valence-corrected chi connectivity index (χ1v) is 6.36. The van der Waals surface area contributed by atoms with Crippen molar-refractivity contribution in [1.82, 2.24) is 0 Å². The summed E-state index contributed by atoms with van der Waals surface area (Å²) >= 11 is 17.3. The Morgan fingerprint density at radius 1 is 0.944 bits per heavy atom. The molecule has 0 aliphatic carbocycles. The Morgan fingerprint density at radius 2 is 1.72 bits per heavy atom. The zero-order chi connectivity index (χ0) is 13.1. The fourth-order valence-corrected chi connectivity index (χ4v) is 1.88. The Kier molecular flexibility index (Phi) is 4.33. The van der Waals surface area contributed by atoms with E-state index in [2.05, 4.69) is 0 Å². The van der Waals surface area contributed by atoms with Crippen LogP contribution in [0.3, 0.4) is 0 Å². The number of rotatable bonds is 3. The maximum Gasteiger partial charge on any atom is 0.130 e. The summed E-state index contributed by atoms with van der Waals surface area (Å²) in [7, 11) is 0. The van der Waals surface area contributed by atoms with E-state index in [1.54, 1.807) is 24.3 Å². The lowest BCUT2D eigenvalue weighted by atomic mass is 10.2. The van der Waals surface area contributed by atoms with Gasteiger partial charge in [0.25, 0.3) is 0 Å². The van der Waals surface area contributed by atoms with Crippen LogP contribution in [0, 0.1) is 5.82 Å². The molecule has 0 aromatic heterocycles. The minimum Gasteiger partial charge on any atom is -0.457 e. The molecule has 0 atom stereocenters. The molecule has 0 N–H and O–H groups in total. The normalized spacial score (nSPS) is 10.4. The average Bonchev–Trinajstić information content (AvgIpc) is 2.33. The number of hydrogen-bond donors (Lipinski definition) is 0. The monoisotopic (exact) mass is 304 g/mol. The highest BCUT2D eigenvalue weighted by molar-refractivity contribution is 6.42. The molecule has 1 nitrogen and oxygen atoms in total. The molecular weight excluding hydrogens is 297 g/mol. The zero-order valence-electron chi connectivity index (χ0n) is 9.09. The molecule has 0 radical (unpaired) electrons. The van der Waals surface area contributed by atoms with Crippen molar-refractivity contribution in [2.24, 2.45) is 0 Å². The lowest BCUT2D eigenvalue weighted by Crippen LogP contribution is -1.88. The van der Waals surface area contributed by atoms with Crippen molar-refractivity contribution in [2.45, 2.75) is 5.88 Å². The highest BCUT2D eigenvalue weighted by atomic mass is 35.5. The van der Waals surface area contributed by atoms with Crippen molar-refractivity contribution >= 4 is 34.8 Å².